The summed E-state index contributed by atoms with van der Waals surface area (Å²) in [4.78, 5) is 24.8. The maximum Gasteiger partial charge on any atom is 0.326 e. The molecule has 0 unspecified atom stereocenters. The average molecular weight is 296 g/mol. The highest BCUT2D eigenvalue weighted by Crippen LogP contribution is 2.20. The first-order valence-electron chi connectivity index (χ1n) is 6.81. The van der Waals surface area contributed by atoms with E-state index in [9.17, 15) is 19.1 Å². The van der Waals surface area contributed by atoms with Gasteiger partial charge in [-0.2, -0.15) is 0 Å². The first-order chi connectivity index (χ1) is 9.73. The predicted molar refractivity (Wildman–Crippen MR) is 78.4 cm³/mol. The van der Waals surface area contributed by atoms with E-state index in [1.807, 2.05) is 13.8 Å². The van der Waals surface area contributed by atoms with Crippen LogP contribution in [0.2, 0.25) is 0 Å². The first kappa shape index (κ1) is 17.1. The van der Waals surface area contributed by atoms with Crippen LogP contribution in [-0.2, 0) is 9.59 Å². The number of carbonyl (C=O) groups excluding carboxylic acids is 1. The van der Waals surface area contributed by atoms with Crippen LogP contribution in [0.4, 0.5) is 10.1 Å². The molecule has 0 heterocycles. The minimum absolute atomic E-state index is 0.208. The molecule has 21 heavy (non-hydrogen) atoms. The zero-order valence-electron chi connectivity index (χ0n) is 12.4. The number of hydrogen-bond acceptors (Lipinski definition) is 3. The number of aliphatic carboxylic acids is 1. The molecule has 5 nitrogen and oxygen atoms in total. The molecule has 0 saturated heterocycles. The molecule has 1 aromatic rings. The number of nitrogens with zero attached hydrogens (tertiary/aromatic N) is 1. The van der Waals surface area contributed by atoms with Crippen molar-refractivity contribution in [3.05, 3.63) is 30.1 Å². The van der Waals surface area contributed by atoms with Gasteiger partial charge in [-0.05, 0) is 43.5 Å². The molecule has 0 radical (unpaired) electrons. The summed E-state index contributed by atoms with van der Waals surface area (Å²) in [5, 5.41) is 9.17. The van der Waals surface area contributed by atoms with Crippen LogP contribution >= 0.6 is 0 Å². The SMILES string of the molecule is CC(C)C[C@H](N)C(=O)N(c1ccc(F)cc1)[C@@H](C)C(=O)O. The molecule has 0 spiro atoms. The number of hydrogen-bond donors (Lipinski definition) is 2. The second-order valence-electron chi connectivity index (χ2n) is 5.43. The van der Waals surface area contributed by atoms with Crippen molar-refractivity contribution in [2.75, 3.05) is 4.90 Å². The molecule has 0 aliphatic heterocycles. The second-order valence-corrected chi connectivity index (χ2v) is 5.43. The lowest BCUT2D eigenvalue weighted by atomic mass is 10.0. The zero-order valence-corrected chi connectivity index (χ0v) is 12.4. The fourth-order valence-corrected chi connectivity index (χ4v) is 2.04. The van der Waals surface area contributed by atoms with Crippen molar-refractivity contribution < 1.29 is 19.1 Å². The van der Waals surface area contributed by atoms with Crippen molar-refractivity contribution >= 4 is 17.6 Å². The Morgan fingerprint density at radius 1 is 1.24 bits per heavy atom. The molecule has 0 aromatic heterocycles. The predicted octanol–water partition coefficient (Wildman–Crippen LogP) is 2.01. The molecular weight excluding hydrogens is 275 g/mol. The van der Waals surface area contributed by atoms with Gasteiger partial charge in [0, 0.05) is 5.69 Å². The van der Waals surface area contributed by atoms with Crippen molar-refractivity contribution in [2.24, 2.45) is 11.7 Å². The molecular formula is C15H21FN2O3. The smallest absolute Gasteiger partial charge is 0.326 e. The molecule has 1 amide bonds. The molecule has 0 saturated carbocycles. The molecule has 116 valence electrons. The third-order valence-corrected chi connectivity index (χ3v) is 3.13. The van der Waals surface area contributed by atoms with Gasteiger partial charge in [0.1, 0.15) is 11.9 Å². The van der Waals surface area contributed by atoms with Crippen LogP contribution in [0.3, 0.4) is 0 Å². The summed E-state index contributed by atoms with van der Waals surface area (Å²) in [7, 11) is 0. The Morgan fingerprint density at radius 2 is 1.76 bits per heavy atom. The second kappa shape index (κ2) is 7.17. The molecule has 1 rings (SSSR count). The van der Waals surface area contributed by atoms with Crippen LogP contribution in [0.25, 0.3) is 0 Å². The van der Waals surface area contributed by atoms with Gasteiger partial charge in [-0.3, -0.25) is 9.69 Å². The fraction of sp³-hybridized carbons (Fsp3) is 0.467. The first-order valence-corrected chi connectivity index (χ1v) is 6.81. The number of carbonyl (C=O) groups is 2. The van der Waals surface area contributed by atoms with Gasteiger partial charge in [0.15, 0.2) is 0 Å². The van der Waals surface area contributed by atoms with Crippen molar-refractivity contribution in [2.45, 2.75) is 39.3 Å². The Balaban J connectivity index is 3.10. The minimum atomic E-state index is -1.15. The highest BCUT2D eigenvalue weighted by molar-refractivity contribution is 6.01. The quantitative estimate of drug-likeness (QED) is 0.841. The Hall–Kier alpha value is -1.95. The lowest BCUT2D eigenvalue weighted by Crippen LogP contribution is -2.51. The summed E-state index contributed by atoms with van der Waals surface area (Å²) in [5.41, 5.74) is 6.18. The topological polar surface area (TPSA) is 83.6 Å². The molecule has 0 aliphatic carbocycles. The van der Waals surface area contributed by atoms with Gasteiger partial charge in [-0.15, -0.1) is 0 Å². The lowest BCUT2D eigenvalue weighted by Gasteiger charge is -2.29. The number of carboxylic acids is 1. The number of carboxylic acid groups (broad SMARTS) is 1. The molecule has 0 fully saturated rings. The maximum absolute atomic E-state index is 13.0. The average Bonchev–Trinajstić information content (AvgIpc) is 2.39. The van der Waals surface area contributed by atoms with Crippen LogP contribution in [-0.4, -0.2) is 29.1 Å². The monoisotopic (exact) mass is 296 g/mol. The number of anilines is 1. The lowest BCUT2D eigenvalue weighted by molar-refractivity contribution is -0.139. The summed E-state index contributed by atoms with van der Waals surface area (Å²) in [5.74, 6) is -1.88. The van der Waals surface area contributed by atoms with Crippen molar-refractivity contribution in [3.63, 3.8) is 0 Å². The van der Waals surface area contributed by atoms with Crippen LogP contribution < -0.4 is 10.6 Å². The Labute approximate surface area is 123 Å². The Bertz CT molecular complexity index is 502. The van der Waals surface area contributed by atoms with E-state index < -0.39 is 29.8 Å². The third kappa shape index (κ3) is 4.53. The largest absolute Gasteiger partial charge is 0.480 e. The van der Waals surface area contributed by atoms with Gasteiger partial charge in [0.25, 0.3) is 0 Å². The van der Waals surface area contributed by atoms with Gasteiger partial charge in [-0.25, -0.2) is 9.18 Å². The Morgan fingerprint density at radius 3 is 2.19 bits per heavy atom. The van der Waals surface area contributed by atoms with E-state index in [1.165, 1.54) is 31.2 Å². The van der Waals surface area contributed by atoms with Crippen molar-refractivity contribution in [1.29, 1.82) is 0 Å². The molecule has 0 aliphatic rings. The van der Waals surface area contributed by atoms with Crippen molar-refractivity contribution in [1.82, 2.24) is 0 Å². The highest BCUT2D eigenvalue weighted by Gasteiger charge is 2.30. The van der Waals surface area contributed by atoms with E-state index in [4.69, 9.17) is 5.73 Å². The van der Waals surface area contributed by atoms with Crippen molar-refractivity contribution in [3.8, 4) is 0 Å². The van der Waals surface area contributed by atoms with Gasteiger partial charge in [-0.1, -0.05) is 13.8 Å². The van der Waals surface area contributed by atoms with E-state index >= 15 is 0 Å². The van der Waals surface area contributed by atoms with E-state index in [0.29, 0.717) is 12.1 Å². The molecule has 0 bridgehead atoms. The van der Waals surface area contributed by atoms with Gasteiger partial charge >= 0.3 is 5.97 Å². The maximum atomic E-state index is 13.0. The number of amides is 1. The highest BCUT2D eigenvalue weighted by atomic mass is 19.1. The van der Waals surface area contributed by atoms with Crippen LogP contribution in [0.1, 0.15) is 27.2 Å². The number of nitrogens with two attached hydrogens (primary N) is 1. The summed E-state index contributed by atoms with van der Waals surface area (Å²) < 4.78 is 13.0. The molecule has 3 N–H and O–H groups in total. The molecule has 6 heteroatoms. The zero-order chi connectivity index (χ0) is 16.2. The summed E-state index contributed by atoms with van der Waals surface area (Å²) >= 11 is 0. The van der Waals surface area contributed by atoms with Crippen LogP contribution in [0.15, 0.2) is 24.3 Å². The number of benzene rings is 1. The number of halogens is 1. The van der Waals surface area contributed by atoms with E-state index in [2.05, 4.69) is 0 Å². The molecule has 1 aromatic carbocycles. The van der Waals surface area contributed by atoms with Crippen LogP contribution in [0.5, 0.6) is 0 Å². The number of rotatable bonds is 6. The fourth-order valence-electron chi connectivity index (χ4n) is 2.04. The third-order valence-electron chi connectivity index (χ3n) is 3.13. The normalized spacial score (nSPS) is 13.8. The summed E-state index contributed by atoms with van der Waals surface area (Å²) in [6, 6.07) is 3.22. The molecule has 2 atom stereocenters. The minimum Gasteiger partial charge on any atom is -0.480 e. The van der Waals surface area contributed by atoms with Gasteiger partial charge in [0.2, 0.25) is 5.91 Å². The Kier molecular flexibility index (Phi) is 5.84. The van der Waals surface area contributed by atoms with Gasteiger partial charge < -0.3 is 10.8 Å². The van der Waals surface area contributed by atoms with E-state index in [-0.39, 0.29) is 5.92 Å². The van der Waals surface area contributed by atoms with E-state index in [0.717, 1.165) is 4.90 Å². The van der Waals surface area contributed by atoms with E-state index in [1.54, 1.807) is 0 Å². The standard InChI is InChI=1S/C15H21FN2O3/c1-9(2)8-13(17)14(19)18(10(3)15(20)21)12-6-4-11(16)5-7-12/h4-7,9-10,13H,8,17H2,1-3H3,(H,20,21)/t10-,13-/m0/s1. The summed E-state index contributed by atoms with van der Waals surface area (Å²) in [6.07, 6.45) is 0.447. The van der Waals surface area contributed by atoms with Crippen LogP contribution in [0, 0.1) is 11.7 Å². The van der Waals surface area contributed by atoms with Gasteiger partial charge in [0.05, 0.1) is 6.04 Å². The summed E-state index contributed by atoms with van der Waals surface area (Å²) in [6.45, 7) is 5.25.